The molecule has 5 fully saturated rings. The summed E-state index contributed by atoms with van der Waals surface area (Å²) in [7, 11) is 3.05. The molecular weight excluding hydrogens is 291 g/mol. The fraction of sp³-hybridized carbons (Fsp3) is 1.00. The first-order valence-electron chi connectivity index (χ1n) is 6.76. The Labute approximate surface area is 121 Å². The number of fused-ring (bicyclic) bond motifs is 2. The topological polar surface area (TPSA) is 58.9 Å². The summed E-state index contributed by atoms with van der Waals surface area (Å²) in [6.45, 7) is 0. The van der Waals surface area contributed by atoms with Crippen LogP contribution in [-0.4, -0.2) is 51.7 Å². The van der Waals surface area contributed by atoms with Gasteiger partial charge in [-0.3, -0.25) is 0 Å². The Morgan fingerprint density at radius 2 is 1.79 bits per heavy atom. The summed E-state index contributed by atoms with van der Waals surface area (Å²) < 4.78 is 11.3. The fourth-order valence-corrected chi connectivity index (χ4v) is 8.79. The number of rotatable bonds is 2. The third kappa shape index (κ3) is 0.650. The van der Waals surface area contributed by atoms with Gasteiger partial charge >= 0.3 is 0 Å². The molecule has 0 radical (unpaired) electrons. The van der Waals surface area contributed by atoms with Crippen molar-refractivity contribution in [2.24, 2.45) is 29.6 Å². The van der Waals surface area contributed by atoms with Crippen LogP contribution >= 0.6 is 23.2 Å². The molecule has 5 aliphatic rings. The van der Waals surface area contributed by atoms with Gasteiger partial charge in [-0.2, -0.15) is 0 Å². The molecule has 2 bridgehead atoms. The second kappa shape index (κ2) is 2.71. The van der Waals surface area contributed by atoms with Gasteiger partial charge < -0.3 is 19.7 Å². The molecule has 0 aromatic rings. The highest BCUT2D eigenvalue weighted by molar-refractivity contribution is 6.33. The highest BCUT2D eigenvalue weighted by atomic mass is 35.5. The van der Waals surface area contributed by atoms with Gasteiger partial charge in [0.2, 0.25) is 5.79 Å². The van der Waals surface area contributed by atoms with Crippen molar-refractivity contribution in [3.63, 3.8) is 0 Å². The molecule has 0 heterocycles. The summed E-state index contributed by atoms with van der Waals surface area (Å²) in [5, 5.41) is 21.8. The van der Waals surface area contributed by atoms with E-state index in [1.807, 2.05) is 0 Å². The molecule has 0 aromatic carbocycles. The van der Waals surface area contributed by atoms with Gasteiger partial charge in [0.1, 0.15) is 9.75 Å². The minimum atomic E-state index is -1.22. The van der Waals surface area contributed by atoms with Gasteiger partial charge in [0.25, 0.3) is 0 Å². The second-order valence-corrected chi connectivity index (χ2v) is 8.07. The molecule has 0 spiro atoms. The summed E-state index contributed by atoms with van der Waals surface area (Å²) in [6.07, 6.45) is 0.311. The Morgan fingerprint density at radius 3 is 2.37 bits per heavy atom. The Morgan fingerprint density at radius 1 is 1.16 bits per heavy atom. The van der Waals surface area contributed by atoms with Gasteiger partial charge in [-0.25, -0.2) is 0 Å². The van der Waals surface area contributed by atoms with Crippen molar-refractivity contribution < 1.29 is 19.7 Å². The fourth-order valence-electron chi connectivity index (χ4n) is 7.06. The summed E-state index contributed by atoms with van der Waals surface area (Å²) in [6, 6.07) is 0. The highest BCUT2D eigenvalue weighted by Crippen LogP contribution is 2.92. The van der Waals surface area contributed by atoms with E-state index in [0.29, 0.717) is 0 Å². The van der Waals surface area contributed by atoms with Crippen LogP contribution in [0.25, 0.3) is 0 Å². The van der Waals surface area contributed by atoms with Crippen molar-refractivity contribution in [1.82, 2.24) is 0 Å². The monoisotopic (exact) mass is 306 g/mol. The van der Waals surface area contributed by atoms with E-state index in [0.717, 1.165) is 6.42 Å². The van der Waals surface area contributed by atoms with E-state index in [1.54, 1.807) is 0 Å². The molecule has 4 nitrogen and oxygen atoms in total. The van der Waals surface area contributed by atoms with Gasteiger partial charge in [-0.1, -0.05) is 0 Å². The maximum atomic E-state index is 11.2. The van der Waals surface area contributed by atoms with E-state index in [-0.39, 0.29) is 29.6 Å². The summed E-state index contributed by atoms with van der Waals surface area (Å²) >= 11 is 13.9. The lowest BCUT2D eigenvalue weighted by Crippen LogP contribution is -2.67. The largest absolute Gasteiger partial charge is 0.392 e. The molecule has 0 amide bonds. The van der Waals surface area contributed by atoms with Gasteiger partial charge in [0.05, 0.1) is 11.7 Å². The average molecular weight is 307 g/mol. The molecule has 0 aromatic heterocycles. The lowest BCUT2D eigenvalue weighted by Gasteiger charge is -2.54. The lowest BCUT2D eigenvalue weighted by molar-refractivity contribution is -0.238. The standard InChI is InChI=1S/C13H16Cl2O4/c1-18-13(19-2)10(14)7-5-3-4-6(8(7)16)9(10)11(4,17)12(5,13)15/h4-9,16-17H,3H2,1-2H3/t4?,5-,6?,7+,8?,9-,10+,11-,12-/m0/s1. The number of halogens is 2. The predicted molar refractivity (Wildman–Crippen MR) is 66.9 cm³/mol. The van der Waals surface area contributed by atoms with E-state index >= 15 is 0 Å². The maximum absolute atomic E-state index is 11.2. The van der Waals surface area contributed by atoms with Crippen molar-refractivity contribution in [2.45, 2.75) is 33.7 Å². The average Bonchev–Trinajstić information content (AvgIpc) is 2.67. The van der Waals surface area contributed by atoms with Crippen LogP contribution in [0.15, 0.2) is 0 Å². The smallest absolute Gasteiger partial charge is 0.210 e. The van der Waals surface area contributed by atoms with Crippen LogP contribution < -0.4 is 0 Å². The van der Waals surface area contributed by atoms with Gasteiger partial charge in [-0.15, -0.1) is 23.2 Å². The summed E-state index contributed by atoms with van der Waals surface area (Å²) in [5.74, 6) is -1.59. The molecule has 19 heavy (non-hydrogen) atoms. The Balaban J connectivity index is 1.89. The molecule has 5 rings (SSSR count). The summed E-state index contributed by atoms with van der Waals surface area (Å²) in [5.41, 5.74) is -1.06. The van der Waals surface area contributed by atoms with Gasteiger partial charge in [0.15, 0.2) is 0 Å². The molecule has 3 unspecified atom stereocenters. The number of methoxy groups -OCH3 is 2. The zero-order valence-corrected chi connectivity index (χ0v) is 12.1. The number of ether oxygens (including phenoxy) is 2. The van der Waals surface area contributed by atoms with Crippen molar-refractivity contribution in [3.8, 4) is 0 Å². The molecule has 5 aliphatic carbocycles. The number of aliphatic hydroxyl groups excluding tert-OH is 1. The van der Waals surface area contributed by atoms with Crippen LogP contribution in [0.5, 0.6) is 0 Å². The SMILES string of the molecule is COC1(OC)[C@@]2(Cl)[C@H]3C(O)C4C5C[C@@H]3[C@]1(Cl)[C@@]5(O)[C@@H]42. The molecular formula is C13H16Cl2O4. The Bertz CT molecular complexity index is 511. The molecule has 2 N–H and O–H groups in total. The van der Waals surface area contributed by atoms with Crippen LogP contribution in [0.4, 0.5) is 0 Å². The number of alkyl halides is 2. The third-order valence-corrected chi connectivity index (χ3v) is 8.75. The molecule has 6 heteroatoms. The number of aliphatic hydroxyl groups is 2. The van der Waals surface area contributed by atoms with Crippen LogP contribution in [0.1, 0.15) is 6.42 Å². The normalized spacial score (nSPS) is 72.9. The summed E-state index contributed by atoms with van der Waals surface area (Å²) in [4.78, 5) is -1.96. The minimum absolute atomic E-state index is 0.0269. The first-order valence-corrected chi connectivity index (χ1v) is 7.52. The number of hydrogen-bond donors (Lipinski definition) is 2. The molecule has 5 saturated carbocycles. The maximum Gasteiger partial charge on any atom is 0.210 e. The van der Waals surface area contributed by atoms with E-state index in [9.17, 15) is 10.2 Å². The zero-order chi connectivity index (χ0) is 13.6. The van der Waals surface area contributed by atoms with Crippen molar-refractivity contribution in [3.05, 3.63) is 0 Å². The van der Waals surface area contributed by atoms with Crippen LogP contribution in [0.3, 0.4) is 0 Å². The van der Waals surface area contributed by atoms with Gasteiger partial charge in [-0.05, 0) is 24.2 Å². The van der Waals surface area contributed by atoms with Crippen LogP contribution in [0.2, 0.25) is 0 Å². The minimum Gasteiger partial charge on any atom is -0.392 e. The van der Waals surface area contributed by atoms with Crippen LogP contribution in [0, 0.1) is 29.6 Å². The van der Waals surface area contributed by atoms with Gasteiger partial charge in [0, 0.05) is 26.1 Å². The zero-order valence-electron chi connectivity index (χ0n) is 10.6. The number of hydrogen-bond acceptors (Lipinski definition) is 4. The van der Waals surface area contributed by atoms with Crippen LogP contribution in [-0.2, 0) is 9.47 Å². The first kappa shape index (κ1) is 12.0. The molecule has 9 atom stereocenters. The van der Waals surface area contributed by atoms with Crippen molar-refractivity contribution in [2.75, 3.05) is 14.2 Å². The second-order valence-electron chi connectivity index (χ2n) is 6.85. The third-order valence-electron chi connectivity index (χ3n) is 7.18. The van der Waals surface area contributed by atoms with E-state index in [4.69, 9.17) is 32.7 Å². The molecule has 106 valence electrons. The highest BCUT2D eigenvalue weighted by Gasteiger charge is 3.05. The van der Waals surface area contributed by atoms with E-state index in [2.05, 4.69) is 0 Å². The Hall–Kier alpha value is 0.420. The van der Waals surface area contributed by atoms with Crippen molar-refractivity contribution >= 4 is 23.2 Å². The van der Waals surface area contributed by atoms with E-state index in [1.165, 1.54) is 14.2 Å². The Kier molecular flexibility index (Phi) is 1.71. The quantitative estimate of drug-likeness (QED) is 0.578. The van der Waals surface area contributed by atoms with E-state index < -0.39 is 27.2 Å². The first-order chi connectivity index (χ1) is 8.88. The molecule has 0 saturated heterocycles. The molecule has 0 aliphatic heterocycles. The van der Waals surface area contributed by atoms with Crippen molar-refractivity contribution in [1.29, 1.82) is 0 Å². The predicted octanol–water partition coefficient (Wildman–Crippen LogP) is 0.562. The lowest BCUT2D eigenvalue weighted by atomic mass is 9.55.